The number of aliphatic hydroxyl groups is 1. The molecular weight excluding hydrogens is 498 g/mol. The Morgan fingerprint density at radius 1 is 1.18 bits per heavy atom. The van der Waals surface area contributed by atoms with E-state index in [4.69, 9.17) is 9.47 Å². The van der Waals surface area contributed by atoms with Crippen molar-refractivity contribution in [1.82, 2.24) is 14.8 Å². The lowest BCUT2D eigenvalue weighted by atomic mass is 10.1. The van der Waals surface area contributed by atoms with Gasteiger partial charge in [-0.3, -0.25) is 19.4 Å². The summed E-state index contributed by atoms with van der Waals surface area (Å²) >= 11 is 0. The van der Waals surface area contributed by atoms with E-state index in [0.29, 0.717) is 28.4 Å². The summed E-state index contributed by atoms with van der Waals surface area (Å²) in [5.41, 5.74) is 3.56. The Bertz CT molecular complexity index is 1540. The van der Waals surface area contributed by atoms with Gasteiger partial charge in [0.05, 0.1) is 42.5 Å². The number of aryl methyl sites for hydroxylation is 1. The number of ether oxygens (including phenoxy) is 2. The number of pyridine rings is 1. The number of carbonyl (C=O) groups is 2. The van der Waals surface area contributed by atoms with Crippen LogP contribution in [0.1, 0.15) is 31.9 Å². The molecule has 5 rings (SSSR count). The fourth-order valence-electron chi connectivity index (χ4n) is 4.39. The van der Waals surface area contributed by atoms with Gasteiger partial charge in [-0.15, -0.1) is 0 Å². The molecule has 1 aliphatic rings. The normalized spacial score (nSPS) is 15.5. The van der Waals surface area contributed by atoms with Gasteiger partial charge in [-0.25, -0.2) is 4.79 Å². The maximum absolute atomic E-state index is 12.6. The molecule has 2 aromatic carbocycles. The van der Waals surface area contributed by atoms with Gasteiger partial charge in [0.25, 0.3) is 0 Å². The van der Waals surface area contributed by atoms with Crippen molar-refractivity contribution >= 4 is 34.3 Å². The summed E-state index contributed by atoms with van der Waals surface area (Å²) in [5, 5.41) is 17.3. The van der Waals surface area contributed by atoms with Gasteiger partial charge in [0.1, 0.15) is 17.6 Å². The Morgan fingerprint density at radius 3 is 2.69 bits per heavy atom. The first kappa shape index (κ1) is 26.2. The highest BCUT2D eigenvalue weighted by atomic mass is 16.6. The van der Waals surface area contributed by atoms with Crippen molar-refractivity contribution in [1.29, 1.82) is 0 Å². The fraction of sp³-hybridized carbons (Fsp3) is 0.310. The molecule has 0 radical (unpaired) electrons. The Labute approximate surface area is 226 Å². The molecular formula is C29H31N5O5. The quantitative estimate of drug-likeness (QED) is 0.353. The van der Waals surface area contributed by atoms with E-state index in [1.54, 1.807) is 24.5 Å². The molecule has 0 aliphatic carbocycles. The number of anilines is 2. The number of amides is 2. The Kier molecular flexibility index (Phi) is 6.96. The van der Waals surface area contributed by atoms with E-state index in [9.17, 15) is 14.7 Å². The second-order valence-corrected chi connectivity index (χ2v) is 10.6. The molecule has 10 heteroatoms. The second-order valence-electron chi connectivity index (χ2n) is 10.6. The van der Waals surface area contributed by atoms with Gasteiger partial charge in [0.2, 0.25) is 5.91 Å². The summed E-state index contributed by atoms with van der Waals surface area (Å²) in [6.45, 7) is 8.09. The van der Waals surface area contributed by atoms with Crippen LogP contribution in [0, 0.1) is 6.92 Å². The molecule has 4 aromatic rings. The SMILES string of the molecule is Cc1cc(CC(=O)Nc2cnn(C(C)(C)C)c2)ccc1Oc1ccnc2ccc(N3CC(CO)OC3=O)cc12. The highest BCUT2D eigenvalue weighted by molar-refractivity contribution is 5.95. The summed E-state index contributed by atoms with van der Waals surface area (Å²) in [6, 6.07) is 12.8. The number of nitrogens with zero attached hydrogens (tertiary/aromatic N) is 4. The minimum atomic E-state index is -0.553. The summed E-state index contributed by atoms with van der Waals surface area (Å²) in [7, 11) is 0. The predicted molar refractivity (Wildman–Crippen MR) is 147 cm³/mol. The molecule has 10 nitrogen and oxygen atoms in total. The van der Waals surface area contributed by atoms with Gasteiger partial charge in [-0.05, 0) is 69.2 Å². The molecule has 2 aromatic heterocycles. The first-order valence-electron chi connectivity index (χ1n) is 12.7. The average Bonchev–Trinajstić information content (AvgIpc) is 3.52. The number of carbonyl (C=O) groups excluding carboxylic acids is 2. The molecule has 2 amide bonds. The van der Waals surface area contributed by atoms with E-state index in [-0.39, 0.29) is 31.0 Å². The van der Waals surface area contributed by atoms with Crippen molar-refractivity contribution in [3.63, 3.8) is 0 Å². The molecule has 1 aliphatic heterocycles. The maximum atomic E-state index is 12.6. The minimum absolute atomic E-state index is 0.131. The van der Waals surface area contributed by atoms with E-state index >= 15 is 0 Å². The second kappa shape index (κ2) is 10.4. The van der Waals surface area contributed by atoms with Crippen LogP contribution in [0.15, 0.2) is 61.1 Å². The highest BCUT2D eigenvalue weighted by Crippen LogP contribution is 2.34. The molecule has 1 fully saturated rings. The van der Waals surface area contributed by atoms with Crippen LogP contribution in [0.2, 0.25) is 0 Å². The van der Waals surface area contributed by atoms with Gasteiger partial charge in [-0.2, -0.15) is 5.10 Å². The van der Waals surface area contributed by atoms with Crippen LogP contribution >= 0.6 is 0 Å². The van der Waals surface area contributed by atoms with Crippen molar-refractivity contribution in [3.8, 4) is 11.5 Å². The van der Waals surface area contributed by atoms with E-state index in [1.165, 1.54) is 4.90 Å². The smallest absolute Gasteiger partial charge is 0.414 e. The number of cyclic esters (lactones) is 1. The summed E-state index contributed by atoms with van der Waals surface area (Å²) in [6.07, 6.45) is 4.29. The summed E-state index contributed by atoms with van der Waals surface area (Å²) in [4.78, 5) is 30.8. The van der Waals surface area contributed by atoms with Crippen LogP contribution in [0.25, 0.3) is 10.9 Å². The number of hydrogen-bond acceptors (Lipinski definition) is 7. The molecule has 1 saturated heterocycles. The Balaban J connectivity index is 1.31. The number of nitrogens with one attached hydrogen (secondary N) is 1. The van der Waals surface area contributed by atoms with Crippen molar-refractivity contribution in [2.24, 2.45) is 0 Å². The lowest BCUT2D eigenvalue weighted by molar-refractivity contribution is -0.115. The van der Waals surface area contributed by atoms with Gasteiger partial charge in [0.15, 0.2) is 0 Å². The standard InChI is InChI=1S/C29H31N5O5/c1-18-11-19(12-27(36)32-20-14-31-34(15-20)29(2,3)4)5-8-25(18)39-26-9-10-30-24-7-6-21(13-23(24)26)33-16-22(17-35)38-28(33)37/h5-11,13-15,22,35H,12,16-17H2,1-4H3,(H,32,36). The van der Waals surface area contributed by atoms with Crippen LogP contribution in [0.5, 0.6) is 11.5 Å². The topological polar surface area (TPSA) is 119 Å². The molecule has 3 heterocycles. The van der Waals surface area contributed by atoms with Crippen LogP contribution in [0.3, 0.4) is 0 Å². The van der Waals surface area contributed by atoms with Crippen LogP contribution in [-0.4, -0.2) is 51.1 Å². The lowest BCUT2D eigenvalue weighted by Crippen LogP contribution is -2.25. The monoisotopic (exact) mass is 529 g/mol. The molecule has 202 valence electrons. The molecule has 39 heavy (non-hydrogen) atoms. The van der Waals surface area contributed by atoms with Crippen LogP contribution < -0.4 is 15.0 Å². The number of fused-ring (bicyclic) bond motifs is 1. The number of aliphatic hydroxyl groups excluding tert-OH is 1. The van der Waals surface area contributed by atoms with Gasteiger partial charge in [-0.1, -0.05) is 12.1 Å². The molecule has 0 saturated carbocycles. The number of hydrogen-bond donors (Lipinski definition) is 2. The first-order valence-corrected chi connectivity index (χ1v) is 12.7. The molecule has 2 N–H and O–H groups in total. The third-order valence-corrected chi connectivity index (χ3v) is 6.45. The van der Waals surface area contributed by atoms with Crippen molar-refractivity contribution in [2.45, 2.75) is 45.8 Å². The Hall–Kier alpha value is -4.44. The zero-order chi connectivity index (χ0) is 27.7. The summed E-state index contributed by atoms with van der Waals surface area (Å²) < 4.78 is 13.3. The third kappa shape index (κ3) is 5.70. The minimum Gasteiger partial charge on any atom is -0.456 e. The summed E-state index contributed by atoms with van der Waals surface area (Å²) in [5.74, 6) is 1.09. The largest absolute Gasteiger partial charge is 0.456 e. The van der Waals surface area contributed by atoms with E-state index in [0.717, 1.165) is 16.5 Å². The number of aromatic nitrogens is 3. The molecule has 0 bridgehead atoms. The third-order valence-electron chi connectivity index (χ3n) is 6.45. The lowest BCUT2D eigenvalue weighted by Gasteiger charge is -2.18. The van der Waals surface area contributed by atoms with Crippen LogP contribution in [-0.2, 0) is 21.5 Å². The zero-order valence-corrected chi connectivity index (χ0v) is 22.3. The van der Waals surface area contributed by atoms with Gasteiger partial charge >= 0.3 is 6.09 Å². The fourth-order valence-corrected chi connectivity index (χ4v) is 4.39. The van der Waals surface area contributed by atoms with Crippen molar-refractivity contribution < 1.29 is 24.2 Å². The number of rotatable bonds is 7. The molecule has 1 atom stereocenters. The highest BCUT2D eigenvalue weighted by Gasteiger charge is 2.32. The van der Waals surface area contributed by atoms with Crippen molar-refractivity contribution in [2.75, 3.05) is 23.4 Å². The zero-order valence-electron chi connectivity index (χ0n) is 22.3. The Morgan fingerprint density at radius 2 is 2.00 bits per heavy atom. The van der Waals surface area contributed by atoms with E-state index in [2.05, 4.69) is 15.4 Å². The first-order chi connectivity index (χ1) is 18.6. The molecule has 1 unspecified atom stereocenters. The number of benzene rings is 2. The maximum Gasteiger partial charge on any atom is 0.414 e. The predicted octanol–water partition coefficient (Wildman–Crippen LogP) is 4.79. The van der Waals surface area contributed by atoms with Gasteiger partial charge in [0, 0.05) is 23.5 Å². The van der Waals surface area contributed by atoms with E-state index in [1.807, 2.05) is 68.9 Å². The average molecular weight is 530 g/mol. The van der Waals surface area contributed by atoms with Crippen molar-refractivity contribution in [3.05, 3.63) is 72.2 Å². The van der Waals surface area contributed by atoms with Crippen LogP contribution in [0.4, 0.5) is 16.2 Å². The molecule has 0 spiro atoms. The van der Waals surface area contributed by atoms with Gasteiger partial charge < -0.3 is 19.9 Å². The van der Waals surface area contributed by atoms with E-state index < -0.39 is 12.2 Å².